The molecule has 4 unspecified atom stereocenters. The van der Waals surface area contributed by atoms with E-state index in [0.717, 1.165) is 97.1 Å². The molecule has 3 aromatic heterocycles. The van der Waals surface area contributed by atoms with Crippen LogP contribution in [0.5, 0.6) is 0 Å². The summed E-state index contributed by atoms with van der Waals surface area (Å²) in [6.45, 7) is 0. The van der Waals surface area contributed by atoms with Gasteiger partial charge in [-0.05, 0) is 92.9 Å². The SMILES string of the molecule is O=[N+]([O-])C1=C([N+](=O)[O-])c2nc1c(-c1ccc(S(=O)O)cc1)c1[n-]c(c(-c3ccc(S(=O)O)cc3)c3nc(c(-c4ccc(S(=O)O)cc4)c4[n-]c(c2-c2ccc(S(=O)O)cc2)c([N+](=O)[O-])c4[N+](=O)[O-])C([N+](=O)[O-])=C3[N+](=O)[O-])c([N+](=O)[O-])c1[N+](=O)[O-].[Mn+2]. The minimum Gasteiger partial charge on any atom is -0.645 e. The van der Waals surface area contributed by atoms with Gasteiger partial charge in [0.1, 0.15) is 0 Å². The Hall–Kier alpha value is -10.4. The fourth-order valence-corrected chi connectivity index (χ4v) is 10.5. The van der Waals surface area contributed by atoms with E-state index in [1.54, 1.807) is 0 Å². The molecule has 0 saturated heterocycles. The van der Waals surface area contributed by atoms with Crippen molar-refractivity contribution in [3.63, 3.8) is 0 Å². The summed E-state index contributed by atoms with van der Waals surface area (Å²) in [7, 11) is 0. The van der Waals surface area contributed by atoms with Crippen LogP contribution in [0.1, 0.15) is 22.8 Å². The fraction of sp³-hybridized carbons (Fsp3) is 0. The molecule has 41 heteroatoms. The molecule has 0 saturated carbocycles. The van der Waals surface area contributed by atoms with Gasteiger partial charge in [0, 0.05) is 22.3 Å². The average Bonchev–Trinajstić information content (AvgIpc) is 1.72. The van der Waals surface area contributed by atoms with Crippen LogP contribution in [0.4, 0.5) is 22.7 Å². The van der Waals surface area contributed by atoms with Crippen LogP contribution >= 0.6 is 0 Å². The topological polar surface area (TPSA) is 548 Å². The summed E-state index contributed by atoms with van der Waals surface area (Å²) in [6, 6.07) is 12.5. The molecule has 0 amide bonds. The summed E-state index contributed by atoms with van der Waals surface area (Å²) >= 11 is -11.5. The molecule has 431 valence electrons. The van der Waals surface area contributed by atoms with Crippen LogP contribution in [0.15, 0.2) is 117 Å². The molecule has 2 aliphatic rings. The number of rotatable bonds is 16. The standard InChI is InChI=1S/C44H20N12O24S4.Mn/c57-49(58)37-29-25(17-1-9-21(10-2-17)81(73)74)30-38(50(59)60)40(52(63)64)32(46-30)27(19-5-13-23(14-6-19)83(77)78)34-42(54(67)68)44(56(71)72)36(48-34)28(20-7-15-24(16-8-20)84(79)80)35-43(55(69)70)41(53(65)66)33(47-35)26(31(45-29)39(37)51(61)62)18-3-11-22(12-4-18)82(75)76;/h1-16H,(H,73,74)(H,75,76)(H,77,78)(H,79,80);/q-2;+2. The van der Waals surface area contributed by atoms with Gasteiger partial charge in [0.2, 0.25) is 0 Å². The van der Waals surface area contributed by atoms with Gasteiger partial charge in [0.05, 0.1) is 59.0 Å². The summed E-state index contributed by atoms with van der Waals surface area (Å²) in [5.74, 6) is 0. The minimum absolute atomic E-state index is 0. The number of fused-ring (bicyclic) bond motifs is 8. The third-order valence-corrected chi connectivity index (χ3v) is 15.0. The maximum absolute atomic E-state index is 13.6. The molecule has 4 aromatic carbocycles. The van der Waals surface area contributed by atoms with E-state index in [4.69, 9.17) is 0 Å². The smallest absolute Gasteiger partial charge is 0.645 e. The van der Waals surface area contributed by atoms with Gasteiger partial charge in [-0.15, -0.1) is 0 Å². The van der Waals surface area contributed by atoms with Crippen LogP contribution in [0, 0.1) is 80.9 Å². The molecule has 9 rings (SSSR count). The molecular formula is C44H20MnN12O24S4. The second kappa shape index (κ2) is 23.1. The first-order valence-electron chi connectivity index (χ1n) is 22.0. The van der Waals surface area contributed by atoms with Crippen LogP contribution in [0.3, 0.4) is 0 Å². The molecule has 36 nitrogen and oxygen atoms in total. The predicted molar refractivity (Wildman–Crippen MR) is 285 cm³/mol. The maximum atomic E-state index is 13.6. The van der Waals surface area contributed by atoms with Crippen molar-refractivity contribution < 1.29 is 91.5 Å². The molecule has 4 N–H and O–H groups in total. The number of hydrogen-bond donors (Lipinski definition) is 4. The van der Waals surface area contributed by atoms with Gasteiger partial charge in [-0.3, -0.25) is 80.9 Å². The molecule has 85 heavy (non-hydrogen) atoms. The molecule has 0 spiro atoms. The number of aromatic nitrogens is 4. The van der Waals surface area contributed by atoms with Crippen molar-refractivity contribution in [1.82, 2.24) is 19.9 Å². The normalized spacial score (nSPS) is 13.5. The van der Waals surface area contributed by atoms with Crippen LogP contribution in [-0.4, -0.2) is 84.4 Å². The van der Waals surface area contributed by atoms with E-state index in [9.17, 15) is 116 Å². The molecule has 5 heterocycles. The van der Waals surface area contributed by atoms with Gasteiger partial charge < -0.3 is 28.2 Å². The quantitative estimate of drug-likeness (QED) is 0.0329. The van der Waals surface area contributed by atoms with E-state index in [2.05, 4.69) is 19.9 Å². The Bertz CT molecular complexity index is 4010. The fourth-order valence-electron chi connectivity index (χ4n) is 9.04. The summed E-state index contributed by atoms with van der Waals surface area (Å²) < 4.78 is 88.7. The van der Waals surface area contributed by atoms with E-state index in [-0.39, 0.29) is 17.1 Å². The Kier molecular flexibility index (Phi) is 16.5. The Labute approximate surface area is 485 Å². The number of benzene rings is 4. The largest absolute Gasteiger partial charge is 2.00 e. The molecule has 8 bridgehead atoms. The average molecular weight is 1280 g/mol. The second-order valence-corrected chi connectivity index (χ2v) is 20.6. The Morgan fingerprint density at radius 2 is 0.471 bits per heavy atom. The molecule has 0 aliphatic carbocycles. The van der Waals surface area contributed by atoms with Crippen LogP contribution < -0.4 is 9.97 Å². The van der Waals surface area contributed by atoms with Crippen LogP contribution in [-0.2, 0) is 61.4 Å². The first-order valence-corrected chi connectivity index (χ1v) is 26.4. The van der Waals surface area contributed by atoms with Crippen molar-refractivity contribution in [3.05, 3.63) is 201 Å². The van der Waals surface area contributed by atoms with Crippen molar-refractivity contribution in [2.75, 3.05) is 0 Å². The zero-order valence-corrected chi connectivity index (χ0v) is 45.0. The molecule has 4 atom stereocenters. The van der Waals surface area contributed by atoms with Crippen LogP contribution in [0.2, 0.25) is 0 Å². The van der Waals surface area contributed by atoms with Crippen molar-refractivity contribution in [1.29, 1.82) is 0 Å². The minimum atomic E-state index is -2.87. The molecule has 1 radical (unpaired) electrons. The van der Waals surface area contributed by atoms with Crippen molar-refractivity contribution >= 4 is 112 Å². The van der Waals surface area contributed by atoms with Gasteiger partial charge in [0.25, 0.3) is 0 Å². The van der Waals surface area contributed by atoms with Gasteiger partial charge in [-0.25, -0.2) is 26.8 Å². The molecule has 0 fully saturated rings. The van der Waals surface area contributed by atoms with Gasteiger partial charge in [-0.1, -0.05) is 48.5 Å². The first kappa shape index (κ1) is 60.7. The second-order valence-electron chi connectivity index (χ2n) is 16.7. The maximum Gasteiger partial charge on any atom is 2.00 e. The van der Waals surface area contributed by atoms with E-state index in [0.29, 0.717) is 0 Å². The summed E-state index contributed by atoms with van der Waals surface area (Å²) in [5, 5.41) is 109. The van der Waals surface area contributed by atoms with Crippen molar-refractivity contribution in [2.24, 2.45) is 0 Å². The van der Waals surface area contributed by atoms with E-state index in [1.165, 1.54) is 0 Å². The summed E-state index contributed by atoms with van der Waals surface area (Å²) in [6.07, 6.45) is 0. The number of nitrogens with zero attached hydrogens (tertiary/aromatic N) is 12. The molecule has 7 aromatic rings. The third-order valence-electron chi connectivity index (χ3n) is 12.3. The number of hydrogen-bond acceptors (Lipinski definition) is 22. The van der Waals surface area contributed by atoms with Gasteiger partial charge in [-0.2, -0.15) is 0 Å². The first-order chi connectivity index (χ1) is 39.7. The van der Waals surface area contributed by atoms with E-state index >= 15 is 0 Å². The predicted octanol–water partition coefficient (Wildman–Crippen LogP) is 6.95. The molecule has 2 aliphatic heterocycles. The zero-order chi connectivity index (χ0) is 61.2. The van der Waals surface area contributed by atoms with E-state index < -0.39 is 238 Å². The summed E-state index contributed by atoms with van der Waals surface area (Å²) in [5.41, 5.74) is -34.5. The van der Waals surface area contributed by atoms with Crippen LogP contribution in [0.25, 0.3) is 89.4 Å². The number of nitro groups is 8. The zero-order valence-electron chi connectivity index (χ0n) is 40.6. The van der Waals surface area contributed by atoms with Crippen molar-refractivity contribution in [2.45, 2.75) is 19.6 Å². The van der Waals surface area contributed by atoms with Gasteiger partial charge >= 0.3 is 62.6 Å². The Morgan fingerprint density at radius 3 is 0.600 bits per heavy atom. The van der Waals surface area contributed by atoms with Gasteiger partial charge in [0.15, 0.2) is 67.1 Å². The molecular weight excluding hydrogens is 1260 g/mol. The monoisotopic (exact) mass is 1280 g/mol. The van der Waals surface area contributed by atoms with Crippen molar-refractivity contribution in [3.8, 4) is 44.5 Å². The third kappa shape index (κ3) is 10.5. The van der Waals surface area contributed by atoms with E-state index in [1.807, 2.05) is 0 Å². The summed E-state index contributed by atoms with van der Waals surface area (Å²) in [4.78, 5) is 111. The Balaban J connectivity index is 0.00000940. The Morgan fingerprint density at radius 1 is 0.306 bits per heavy atom.